The predicted molar refractivity (Wildman–Crippen MR) is 31.3 cm³/mol. The third kappa shape index (κ3) is 2.19. The number of hydrogen-bond acceptors (Lipinski definition) is 1. The van der Waals surface area contributed by atoms with Crippen LogP contribution in [0.1, 0.15) is 6.42 Å². The maximum atomic E-state index is 10.4. The van der Waals surface area contributed by atoms with Crippen LogP contribution in [-0.2, 0) is 11.2 Å². The van der Waals surface area contributed by atoms with E-state index >= 15 is 0 Å². The fourth-order valence-electron chi connectivity index (χ4n) is 0.534. The molecule has 1 aliphatic carbocycles. The van der Waals surface area contributed by atoms with Crippen LogP contribution in [0.2, 0.25) is 0 Å². The molecule has 41 valence electrons. The zero-order valence-electron chi connectivity index (χ0n) is 4.39. The molecule has 0 heterocycles. The summed E-state index contributed by atoms with van der Waals surface area (Å²) in [5, 5.41) is 0. The van der Waals surface area contributed by atoms with E-state index in [1.54, 1.807) is 6.26 Å². The van der Waals surface area contributed by atoms with Gasteiger partial charge in [0.15, 0.2) is 0 Å². The molecule has 0 saturated heterocycles. The summed E-state index contributed by atoms with van der Waals surface area (Å²) in [4.78, 5) is 0. The lowest BCUT2D eigenvalue weighted by Gasteiger charge is -2.00. The first-order chi connectivity index (χ1) is 3.29. The summed E-state index contributed by atoms with van der Waals surface area (Å²) < 4.78 is 10.4. The Bertz CT molecular complexity index is 59.1. The zero-order chi connectivity index (χ0) is 5.28. The minimum absolute atomic E-state index is 0.564. The second-order valence-corrected chi connectivity index (χ2v) is 3.45. The molecular weight excluding hydrogens is 108 g/mol. The van der Waals surface area contributed by atoms with Crippen molar-refractivity contribution in [3.8, 4) is 0 Å². The average molecular weight is 117 g/mol. The molecular formula is C5H9OS. The highest BCUT2D eigenvalue weighted by atomic mass is 32.2. The van der Waals surface area contributed by atoms with E-state index in [0.29, 0.717) is 5.92 Å². The Hall–Kier alpha value is 0.310. The van der Waals surface area contributed by atoms with Crippen molar-refractivity contribution >= 4 is 11.2 Å². The molecule has 0 amide bonds. The van der Waals surface area contributed by atoms with Crippen LogP contribution in [-0.4, -0.2) is 16.6 Å². The van der Waals surface area contributed by atoms with Crippen molar-refractivity contribution in [2.75, 3.05) is 12.0 Å². The van der Waals surface area contributed by atoms with Crippen molar-refractivity contribution < 1.29 is 4.55 Å². The normalized spacial score (nSPS) is 24.9. The Morgan fingerprint density at radius 2 is 2.57 bits per heavy atom. The highest BCUT2D eigenvalue weighted by Gasteiger charge is 2.25. The van der Waals surface area contributed by atoms with E-state index in [4.69, 9.17) is 0 Å². The van der Waals surface area contributed by atoms with Gasteiger partial charge >= 0.3 is 0 Å². The average Bonchev–Trinajstić information content (AvgIpc) is 2.17. The van der Waals surface area contributed by atoms with Gasteiger partial charge in [0, 0.05) is 5.92 Å². The van der Waals surface area contributed by atoms with Crippen LogP contribution in [0.15, 0.2) is 0 Å². The van der Waals surface area contributed by atoms with Gasteiger partial charge in [-0.15, -0.1) is 0 Å². The smallest absolute Gasteiger partial charge is 0.108 e. The number of hydrogen-bond donors (Lipinski definition) is 0. The summed E-state index contributed by atoms with van der Waals surface area (Å²) in [5.41, 5.74) is 0. The maximum Gasteiger partial charge on any atom is 0.108 e. The monoisotopic (exact) mass is 117 g/mol. The van der Waals surface area contributed by atoms with E-state index in [9.17, 15) is 4.55 Å². The van der Waals surface area contributed by atoms with Crippen molar-refractivity contribution in [1.29, 1.82) is 0 Å². The molecule has 1 aliphatic rings. The van der Waals surface area contributed by atoms with Gasteiger partial charge in [-0.05, 0) is 12.8 Å². The van der Waals surface area contributed by atoms with Gasteiger partial charge in [0.05, 0.1) is 6.26 Å². The van der Waals surface area contributed by atoms with Crippen LogP contribution in [0.4, 0.5) is 0 Å². The van der Waals surface area contributed by atoms with Gasteiger partial charge in [-0.1, -0.05) is 11.2 Å². The first kappa shape index (κ1) is 5.45. The Balaban J connectivity index is 1.97. The summed E-state index contributed by atoms with van der Waals surface area (Å²) in [7, 11) is 0. The second-order valence-electron chi connectivity index (χ2n) is 1.97. The molecule has 1 radical (unpaired) electrons. The fourth-order valence-corrected chi connectivity index (χ4v) is 1.41. The molecule has 0 aromatic rings. The first-order valence-electron chi connectivity index (χ1n) is 2.42. The molecule has 0 spiro atoms. The fraction of sp³-hybridized carbons (Fsp3) is 0.800. The third-order valence-corrected chi connectivity index (χ3v) is 1.92. The summed E-state index contributed by atoms with van der Waals surface area (Å²) in [5.74, 6) is 1.59. The molecule has 1 rings (SSSR count). The predicted octanol–water partition coefficient (Wildman–Crippen LogP) is 0.589. The Labute approximate surface area is 47.3 Å². The SMILES string of the molecule is C[S+]([O-])CC1[CH]C1. The van der Waals surface area contributed by atoms with Crippen LogP contribution in [0, 0.1) is 12.3 Å². The maximum absolute atomic E-state index is 10.4. The highest BCUT2D eigenvalue weighted by molar-refractivity contribution is 7.90. The van der Waals surface area contributed by atoms with Crippen LogP contribution in [0.5, 0.6) is 0 Å². The van der Waals surface area contributed by atoms with Gasteiger partial charge in [-0.25, -0.2) is 0 Å². The van der Waals surface area contributed by atoms with E-state index in [-0.39, 0.29) is 0 Å². The van der Waals surface area contributed by atoms with Crippen molar-refractivity contribution in [1.82, 2.24) is 0 Å². The van der Waals surface area contributed by atoms with Gasteiger partial charge < -0.3 is 4.55 Å². The lowest BCUT2D eigenvalue weighted by atomic mass is 10.5. The lowest BCUT2D eigenvalue weighted by Crippen LogP contribution is -2.03. The van der Waals surface area contributed by atoms with Crippen LogP contribution < -0.4 is 0 Å². The van der Waals surface area contributed by atoms with E-state index < -0.39 is 11.2 Å². The highest BCUT2D eigenvalue weighted by Crippen LogP contribution is 2.28. The molecule has 1 saturated carbocycles. The van der Waals surface area contributed by atoms with Crippen LogP contribution >= 0.6 is 0 Å². The molecule has 1 nitrogen and oxygen atoms in total. The van der Waals surface area contributed by atoms with Crippen molar-refractivity contribution in [2.24, 2.45) is 5.92 Å². The Morgan fingerprint density at radius 3 is 2.71 bits per heavy atom. The van der Waals surface area contributed by atoms with E-state index in [2.05, 4.69) is 6.42 Å². The Kier molecular flexibility index (Phi) is 1.60. The van der Waals surface area contributed by atoms with Crippen molar-refractivity contribution in [3.63, 3.8) is 0 Å². The Morgan fingerprint density at radius 1 is 2.00 bits per heavy atom. The lowest BCUT2D eigenvalue weighted by molar-refractivity contribution is 0.598. The van der Waals surface area contributed by atoms with Crippen molar-refractivity contribution in [2.45, 2.75) is 6.42 Å². The summed E-state index contributed by atoms with van der Waals surface area (Å²) >= 11 is -0.564. The third-order valence-electron chi connectivity index (χ3n) is 1.02. The van der Waals surface area contributed by atoms with E-state index in [0.717, 1.165) is 5.75 Å². The van der Waals surface area contributed by atoms with E-state index in [1.165, 1.54) is 6.42 Å². The summed E-state index contributed by atoms with van der Waals surface area (Å²) in [6.07, 6.45) is 5.15. The minimum atomic E-state index is -0.564. The molecule has 2 atom stereocenters. The summed E-state index contributed by atoms with van der Waals surface area (Å²) in [6, 6.07) is 0. The molecule has 0 N–H and O–H groups in total. The van der Waals surface area contributed by atoms with Crippen LogP contribution in [0.3, 0.4) is 0 Å². The van der Waals surface area contributed by atoms with Crippen molar-refractivity contribution in [3.05, 3.63) is 6.42 Å². The largest absolute Gasteiger partial charge is 0.617 e. The number of rotatable bonds is 2. The van der Waals surface area contributed by atoms with E-state index in [1.807, 2.05) is 0 Å². The molecule has 7 heavy (non-hydrogen) atoms. The molecule has 0 aromatic heterocycles. The molecule has 2 heteroatoms. The van der Waals surface area contributed by atoms with Gasteiger partial charge in [-0.3, -0.25) is 0 Å². The van der Waals surface area contributed by atoms with Gasteiger partial charge in [-0.2, -0.15) is 0 Å². The quantitative estimate of drug-likeness (QED) is 0.485. The van der Waals surface area contributed by atoms with Gasteiger partial charge in [0.1, 0.15) is 5.75 Å². The second kappa shape index (κ2) is 2.05. The minimum Gasteiger partial charge on any atom is -0.617 e. The topological polar surface area (TPSA) is 23.1 Å². The van der Waals surface area contributed by atoms with Gasteiger partial charge in [0.25, 0.3) is 0 Å². The standard InChI is InChI=1S/C5H9OS/c1-7(6)4-5-2-3-5/h2,5H,3-4H2,1H3. The van der Waals surface area contributed by atoms with Gasteiger partial charge in [0.2, 0.25) is 0 Å². The molecule has 1 fully saturated rings. The molecule has 0 bridgehead atoms. The van der Waals surface area contributed by atoms with Crippen LogP contribution in [0.25, 0.3) is 0 Å². The zero-order valence-corrected chi connectivity index (χ0v) is 5.20. The summed E-state index contributed by atoms with van der Waals surface area (Å²) in [6.45, 7) is 0. The molecule has 0 aromatic carbocycles. The molecule has 0 aliphatic heterocycles. The first-order valence-corrected chi connectivity index (χ1v) is 4.15. The molecule has 2 unspecified atom stereocenters.